The van der Waals surface area contributed by atoms with E-state index in [1.54, 1.807) is 43.5 Å². The Morgan fingerprint density at radius 1 is 1.09 bits per heavy atom. The molecule has 0 spiro atoms. The van der Waals surface area contributed by atoms with Crippen LogP contribution in [0, 0.1) is 0 Å². The first kappa shape index (κ1) is 16.8. The van der Waals surface area contributed by atoms with Crippen LogP contribution in [0.2, 0.25) is 5.02 Å². The monoisotopic (exact) mass is 332 g/mol. The number of nitrogens with one attached hydrogen (secondary N) is 2. The summed E-state index contributed by atoms with van der Waals surface area (Å²) in [5.74, 6) is 0.196. The predicted molar refractivity (Wildman–Crippen MR) is 89.8 cm³/mol. The zero-order valence-electron chi connectivity index (χ0n) is 12.6. The van der Waals surface area contributed by atoms with Crippen molar-refractivity contribution < 1.29 is 14.3 Å². The molecule has 6 heteroatoms. The Morgan fingerprint density at radius 3 is 2.48 bits per heavy atom. The van der Waals surface area contributed by atoms with E-state index >= 15 is 0 Å². The summed E-state index contributed by atoms with van der Waals surface area (Å²) in [6.45, 7) is -0.0957. The Labute approximate surface area is 139 Å². The van der Waals surface area contributed by atoms with Gasteiger partial charge >= 0.3 is 0 Å². The maximum absolute atomic E-state index is 11.8. The number of halogens is 1. The highest BCUT2D eigenvalue weighted by molar-refractivity contribution is 6.30. The SMILES string of the molecule is COc1ccc(CC(=O)NCC(=O)Nc2cccc(Cl)c2)cc1. The number of hydrogen-bond donors (Lipinski definition) is 2. The molecule has 5 nitrogen and oxygen atoms in total. The summed E-state index contributed by atoms with van der Waals surface area (Å²) in [6, 6.07) is 14.0. The van der Waals surface area contributed by atoms with E-state index in [0.29, 0.717) is 10.7 Å². The lowest BCUT2D eigenvalue weighted by atomic mass is 10.1. The molecule has 2 aromatic rings. The number of anilines is 1. The lowest BCUT2D eigenvalue weighted by Crippen LogP contribution is -2.33. The lowest BCUT2D eigenvalue weighted by Gasteiger charge is -2.08. The van der Waals surface area contributed by atoms with Crippen LogP contribution in [0.3, 0.4) is 0 Å². The standard InChI is InChI=1S/C17H17ClN2O3/c1-23-15-7-5-12(6-8-15)9-16(21)19-11-17(22)20-14-4-2-3-13(18)10-14/h2-8,10H,9,11H2,1H3,(H,19,21)(H,20,22). The van der Waals surface area contributed by atoms with Crippen molar-refractivity contribution >= 4 is 29.1 Å². The Hall–Kier alpha value is -2.53. The van der Waals surface area contributed by atoms with E-state index in [0.717, 1.165) is 11.3 Å². The minimum atomic E-state index is -0.310. The predicted octanol–water partition coefficient (Wildman–Crippen LogP) is 2.65. The number of ether oxygens (including phenoxy) is 1. The number of carbonyl (C=O) groups excluding carboxylic acids is 2. The second-order valence-corrected chi connectivity index (χ2v) is 5.30. The highest BCUT2D eigenvalue weighted by atomic mass is 35.5. The van der Waals surface area contributed by atoms with Crippen molar-refractivity contribution in [2.45, 2.75) is 6.42 Å². The second kappa shape index (κ2) is 8.19. The highest BCUT2D eigenvalue weighted by Gasteiger charge is 2.07. The van der Waals surface area contributed by atoms with Crippen LogP contribution < -0.4 is 15.4 Å². The summed E-state index contributed by atoms with van der Waals surface area (Å²) >= 11 is 5.84. The van der Waals surface area contributed by atoms with Crippen molar-refractivity contribution in [3.63, 3.8) is 0 Å². The van der Waals surface area contributed by atoms with Crippen LogP contribution in [-0.4, -0.2) is 25.5 Å². The van der Waals surface area contributed by atoms with Crippen LogP contribution in [0.1, 0.15) is 5.56 Å². The Balaban J connectivity index is 1.78. The third-order valence-electron chi connectivity index (χ3n) is 3.08. The van der Waals surface area contributed by atoms with E-state index in [4.69, 9.17) is 16.3 Å². The van der Waals surface area contributed by atoms with Gasteiger partial charge in [-0.1, -0.05) is 29.8 Å². The fraction of sp³-hybridized carbons (Fsp3) is 0.176. The van der Waals surface area contributed by atoms with Crippen molar-refractivity contribution in [2.75, 3.05) is 19.0 Å². The van der Waals surface area contributed by atoms with Crippen LogP contribution in [-0.2, 0) is 16.0 Å². The van der Waals surface area contributed by atoms with Gasteiger partial charge in [-0.2, -0.15) is 0 Å². The van der Waals surface area contributed by atoms with Gasteiger partial charge in [-0.15, -0.1) is 0 Å². The number of hydrogen-bond acceptors (Lipinski definition) is 3. The molecular formula is C17H17ClN2O3. The average molecular weight is 333 g/mol. The molecular weight excluding hydrogens is 316 g/mol. The first-order valence-electron chi connectivity index (χ1n) is 7.02. The van der Waals surface area contributed by atoms with E-state index in [1.165, 1.54) is 0 Å². The molecule has 2 N–H and O–H groups in total. The highest BCUT2D eigenvalue weighted by Crippen LogP contribution is 2.14. The van der Waals surface area contributed by atoms with Gasteiger partial charge in [0.25, 0.3) is 0 Å². The molecule has 0 heterocycles. The summed E-state index contributed by atoms with van der Waals surface area (Å²) in [5.41, 5.74) is 1.44. The van der Waals surface area contributed by atoms with Crippen LogP contribution in [0.4, 0.5) is 5.69 Å². The summed E-state index contributed by atoms with van der Waals surface area (Å²) in [5, 5.41) is 5.78. The van der Waals surface area contributed by atoms with Gasteiger partial charge in [-0.05, 0) is 35.9 Å². The molecule has 0 fully saturated rings. The van der Waals surface area contributed by atoms with E-state index in [-0.39, 0.29) is 24.8 Å². The number of methoxy groups -OCH3 is 1. The molecule has 0 aliphatic rings. The number of benzene rings is 2. The quantitative estimate of drug-likeness (QED) is 0.854. The van der Waals surface area contributed by atoms with E-state index in [2.05, 4.69) is 10.6 Å². The van der Waals surface area contributed by atoms with Crippen molar-refractivity contribution in [2.24, 2.45) is 0 Å². The average Bonchev–Trinajstić information content (AvgIpc) is 2.54. The van der Waals surface area contributed by atoms with Gasteiger partial charge < -0.3 is 15.4 Å². The van der Waals surface area contributed by atoms with Crippen LogP contribution in [0.5, 0.6) is 5.75 Å². The molecule has 0 aliphatic carbocycles. The molecule has 0 aromatic heterocycles. The van der Waals surface area contributed by atoms with E-state index in [9.17, 15) is 9.59 Å². The maximum Gasteiger partial charge on any atom is 0.243 e. The normalized spacial score (nSPS) is 10.0. The van der Waals surface area contributed by atoms with Gasteiger partial charge in [-0.25, -0.2) is 0 Å². The summed E-state index contributed by atoms with van der Waals surface area (Å²) < 4.78 is 5.06. The summed E-state index contributed by atoms with van der Waals surface area (Å²) in [4.78, 5) is 23.6. The molecule has 2 aromatic carbocycles. The molecule has 2 rings (SSSR count). The Bertz CT molecular complexity index is 686. The van der Waals surface area contributed by atoms with Gasteiger partial charge in [0.1, 0.15) is 5.75 Å². The van der Waals surface area contributed by atoms with Crippen molar-refractivity contribution in [3.05, 3.63) is 59.1 Å². The smallest absolute Gasteiger partial charge is 0.243 e. The fourth-order valence-corrected chi connectivity index (χ4v) is 2.13. The van der Waals surface area contributed by atoms with Crippen molar-refractivity contribution in [1.82, 2.24) is 5.32 Å². The molecule has 0 unspecified atom stereocenters. The largest absolute Gasteiger partial charge is 0.497 e. The zero-order valence-corrected chi connectivity index (χ0v) is 13.4. The van der Waals surface area contributed by atoms with E-state index < -0.39 is 0 Å². The third kappa shape index (κ3) is 5.64. The molecule has 23 heavy (non-hydrogen) atoms. The van der Waals surface area contributed by atoms with Crippen LogP contribution in [0.25, 0.3) is 0 Å². The molecule has 0 saturated carbocycles. The molecule has 0 atom stereocenters. The Kier molecular flexibility index (Phi) is 6.00. The fourth-order valence-electron chi connectivity index (χ4n) is 1.94. The topological polar surface area (TPSA) is 67.4 Å². The molecule has 2 amide bonds. The van der Waals surface area contributed by atoms with Gasteiger partial charge in [0.15, 0.2) is 0 Å². The summed E-state index contributed by atoms with van der Waals surface area (Å²) in [7, 11) is 1.58. The molecule has 0 bridgehead atoms. The molecule has 0 radical (unpaired) electrons. The molecule has 0 aliphatic heterocycles. The van der Waals surface area contributed by atoms with Gasteiger partial charge in [0.2, 0.25) is 11.8 Å². The minimum absolute atomic E-state index is 0.0957. The second-order valence-electron chi connectivity index (χ2n) is 4.86. The number of amides is 2. The Morgan fingerprint density at radius 2 is 1.83 bits per heavy atom. The lowest BCUT2D eigenvalue weighted by molar-refractivity contribution is -0.123. The maximum atomic E-state index is 11.8. The van der Waals surface area contributed by atoms with Crippen LogP contribution >= 0.6 is 11.6 Å². The van der Waals surface area contributed by atoms with Gasteiger partial charge in [-0.3, -0.25) is 9.59 Å². The summed E-state index contributed by atoms with van der Waals surface area (Å²) in [6.07, 6.45) is 0.203. The third-order valence-corrected chi connectivity index (χ3v) is 3.31. The van der Waals surface area contributed by atoms with Crippen LogP contribution in [0.15, 0.2) is 48.5 Å². The first-order valence-corrected chi connectivity index (χ1v) is 7.39. The number of rotatable bonds is 6. The van der Waals surface area contributed by atoms with Gasteiger partial charge in [0, 0.05) is 10.7 Å². The zero-order chi connectivity index (χ0) is 16.7. The van der Waals surface area contributed by atoms with Crippen molar-refractivity contribution in [1.29, 1.82) is 0 Å². The van der Waals surface area contributed by atoms with Crippen molar-refractivity contribution in [3.8, 4) is 5.75 Å². The van der Waals surface area contributed by atoms with E-state index in [1.807, 2.05) is 12.1 Å². The minimum Gasteiger partial charge on any atom is -0.497 e. The first-order chi connectivity index (χ1) is 11.1. The molecule has 0 saturated heterocycles. The number of carbonyl (C=O) groups is 2. The molecule has 120 valence electrons. The van der Waals surface area contributed by atoms with Gasteiger partial charge in [0.05, 0.1) is 20.1 Å².